The molecule has 1 aromatic carbocycles. The van der Waals surface area contributed by atoms with Crippen LogP contribution < -0.4 is 0 Å². The van der Waals surface area contributed by atoms with Crippen molar-refractivity contribution < 1.29 is 14.7 Å². The van der Waals surface area contributed by atoms with E-state index in [0.717, 1.165) is 26.7 Å². The number of carboxylic acid groups (broad SMARTS) is 1. The number of carbonyl (C=O) groups excluding carboxylic acids is 1. The normalized spacial score (nSPS) is 11.3. The molecule has 2 heterocycles. The maximum atomic E-state index is 11.5. The van der Waals surface area contributed by atoms with Gasteiger partial charge in [-0.05, 0) is 37.6 Å². The smallest absolute Gasteiger partial charge is 0.346 e. The Bertz CT molecular complexity index is 886. The minimum absolute atomic E-state index is 0.00948. The van der Waals surface area contributed by atoms with Gasteiger partial charge in [0.1, 0.15) is 9.71 Å². The summed E-state index contributed by atoms with van der Waals surface area (Å²) < 4.78 is 1.98. The van der Waals surface area contributed by atoms with Gasteiger partial charge in [0.2, 0.25) is 0 Å². The first-order valence-electron chi connectivity index (χ1n) is 6.17. The molecule has 4 nitrogen and oxygen atoms in total. The Balaban J connectivity index is 2.48. The fourth-order valence-corrected chi connectivity index (χ4v) is 3.75. The molecular weight excluding hydrogens is 274 g/mol. The molecule has 0 amide bonds. The van der Waals surface area contributed by atoms with Crippen molar-refractivity contribution in [3.63, 3.8) is 0 Å². The number of aryl methyl sites for hydroxylation is 2. The minimum Gasteiger partial charge on any atom is -0.477 e. The van der Waals surface area contributed by atoms with E-state index in [2.05, 4.69) is 0 Å². The number of Topliss-reactive ketones (excluding diaryl/α,β-unsaturated/α-hetero) is 1. The fourth-order valence-electron chi connectivity index (χ4n) is 2.61. The Morgan fingerprint density at radius 3 is 2.60 bits per heavy atom. The minimum atomic E-state index is -0.903. The van der Waals surface area contributed by atoms with Crippen LogP contribution in [-0.4, -0.2) is 21.4 Å². The van der Waals surface area contributed by atoms with Gasteiger partial charge >= 0.3 is 5.97 Å². The van der Waals surface area contributed by atoms with Crippen LogP contribution in [0.4, 0.5) is 0 Å². The van der Waals surface area contributed by atoms with Crippen LogP contribution >= 0.6 is 11.3 Å². The van der Waals surface area contributed by atoms with E-state index in [-0.39, 0.29) is 5.78 Å². The monoisotopic (exact) mass is 287 g/mol. The zero-order valence-corrected chi connectivity index (χ0v) is 12.2. The van der Waals surface area contributed by atoms with E-state index in [1.165, 1.54) is 18.3 Å². The molecule has 0 aliphatic carbocycles. The highest BCUT2D eigenvalue weighted by Crippen LogP contribution is 2.38. The fraction of sp³-hybridized carbons (Fsp3) is 0.200. The van der Waals surface area contributed by atoms with E-state index in [9.17, 15) is 14.7 Å². The highest BCUT2D eigenvalue weighted by Gasteiger charge is 2.20. The third-order valence-corrected chi connectivity index (χ3v) is 5.02. The van der Waals surface area contributed by atoms with Crippen LogP contribution in [0.25, 0.3) is 21.1 Å². The number of hydrogen-bond acceptors (Lipinski definition) is 3. The number of thiophene rings is 1. The van der Waals surface area contributed by atoms with E-state index in [0.29, 0.717) is 10.4 Å². The zero-order chi connectivity index (χ0) is 14.6. The van der Waals surface area contributed by atoms with Crippen molar-refractivity contribution in [1.82, 2.24) is 4.57 Å². The maximum Gasteiger partial charge on any atom is 0.346 e. The lowest BCUT2D eigenvalue weighted by Gasteiger charge is -2.00. The number of aromatic nitrogens is 1. The van der Waals surface area contributed by atoms with Crippen LogP contribution in [0.1, 0.15) is 32.5 Å². The number of rotatable bonds is 2. The summed E-state index contributed by atoms with van der Waals surface area (Å²) in [6.45, 7) is 3.35. The first kappa shape index (κ1) is 12.9. The molecule has 1 N–H and O–H groups in total. The summed E-state index contributed by atoms with van der Waals surface area (Å²) in [6, 6.07) is 5.58. The van der Waals surface area contributed by atoms with E-state index in [1.807, 2.05) is 36.7 Å². The number of hydrogen-bond donors (Lipinski definition) is 1. The van der Waals surface area contributed by atoms with E-state index >= 15 is 0 Å². The van der Waals surface area contributed by atoms with Crippen molar-refractivity contribution in [2.24, 2.45) is 7.05 Å². The van der Waals surface area contributed by atoms with E-state index in [1.54, 1.807) is 0 Å². The van der Waals surface area contributed by atoms with Gasteiger partial charge in [0.25, 0.3) is 0 Å². The Morgan fingerprint density at radius 2 is 2.00 bits per heavy atom. The van der Waals surface area contributed by atoms with Gasteiger partial charge in [-0.25, -0.2) is 4.79 Å². The molecule has 0 spiro atoms. The summed E-state index contributed by atoms with van der Waals surface area (Å²) in [6.07, 6.45) is 0. The zero-order valence-electron chi connectivity index (χ0n) is 11.4. The van der Waals surface area contributed by atoms with E-state index < -0.39 is 5.97 Å². The lowest BCUT2D eigenvalue weighted by Crippen LogP contribution is -1.95. The number of fused-ring (bicyclic) bond motifs is 3. The summed E-state index contributed by atoms with van der Waals surface area (Å²) in [5, 5.41) is 11.1. The SMILES string of the molecule is CC(=O)c1ccc2c(c1)c1c(C)c(C(=O)O)sc1n2C. The van der Waals surface area contributed by atoms with Gasteiger partial charge in [0.05, 0.1) is 0 Å². The Kier molecular flexibility index (Phi) is 2.69. The molecule has 3 rings (SSSR count). The second kappa shape index (κ2) is 4.18. The predicted molar refractivity (Wildman–Crippen MR) is 80.0 cm³/mol. The summed E-state index contributed by atoms with van der Waals surface area (Å²) in [5.74, 6) is -0.894. The van der Waals surface area contributed by atoms with E-state index in [4.69, 9.17) is 0 Å². The first-order valence-corrected chi connectivity index (χ1v) is 6.99. The molecule has 0 saturated heterocycles. The number of carbonyl (C=O) groups is 2. The molecule has 0 aliphatic rings. The lowest BCUT2D eigenvalue weighted by atomic mass is 10.1. The highest BCUT2D eigenvalue weighted by molar-refractivity contribution is 7.20. The molecule has 5 heteroatoms. The molecule has 0 bridgehead atoms. The summed E-state index contributed by atoms with van der Waals surface area (Å²) in [4.78, 5) is 24.1. The molecule has 3 aromatic rings. The molecule has 0 fully saturated rings. The van der Waals surface area contributed by atoms with Crippen LogP contribution in [0, 0.1) is 6.92 Å². The van der Waals surface area contributed by atoms with Gasteiger partial charge in [-0.2, -0.15) is 0 Å². The molecule has 0 unspecified atom stereocenters. The van der Waals surface area contributed by atoms with Crippen molar-refractivity contribution >= 4 is 44.2 Å². The van der Waals surface area contributed by atoms with Crippen molar-refractivity contribution in [2.45, 2.75) is 13.8 Å². The van der Waals surface area contributed by atoms with Gasteiger partial charge in [0, 0.05) is 28.9 Å². The Hall–Kier alpha value is -2.14. The van der Waals surface area contributed by atoms with Gasteiger partial charge in [0.15, 0.2) is 5.78 Å². The second-order valence-corrected chi connectivity index (χ2v) is 5.89. The third kappa shape index (κ3) is 1.59. The van der Waals surface area contributed by atoms with Crippen LogP contribution in [0.2, 0.25) is 0 Å². The average molecular weight is 287 g/mol. The maximum absolute atomic E-state index is 11.5. The van der Waals surface area contributed by atoms with Crippen molar-refractivity contribution in [3.05, 3.63) is 34.2 Å². The van der Waals surface area contributed by atoms with Crippen molar-refractivity contribution in [3.8, 4) is 0 Å². The van der Waals surface area contributed by atoms with Crippen molar-refractivity contribution in [2.75, 3.05) is 0 Å². The highest BCUT2D eigenvalue weighted by atomic mass is 32.1. The molecule has 2 aromatic heterocycles. The third-order valence-electron chi connectivity index (χ3n) is 3.66. The van der Waals surface area contributed by atoms with Gasteiger partial charge in [-0.15, -0.1) is 11.3 Å². The lowest BCUT2D eigenvalue weighted by molar-refractivity contribution is 0.0701. The number of nitrogens with zero attached hydrogens (tertiary/aromatic N) is 1. The summed E-state index contributed by atoms with van der Waals surface area (Å²) >= 11 is 1.28. The number of aromatic carboxylic acids is 1. The molecule has 0 atom stereocenters. The molecule has 102 valence electrons. The van der Waals surface area contributed by atoms with Crippen LogP contribution in [0.15, 0.2) is 18.2 Å². The molecule has 0 aliphatic heterocycles. The Labute approximate surface area is 119 Å². The first-order chi connectivity index (χ1) is 9.41. The molecule has 0 radical (unpaired) electrons. The van der Waals surface area contributed by atoms with Gasteiger partial charge in [-0.3, -0.25) is 4.79 Å². The largest absolute Gasteiger partial charge is 0.477 e. The number of carboxylic acids is 1. The standard InChI is InChI=1S/C15H13NO3S/c1-7-12-10-6-9(8(2)17)4-5-11(10)16(3)14(12)20-13(7)15(18)19/h4-6H,1-3H3,(H,18,19). The summed E-state index contributed by atoms with van der Waals surface area (Å²) in [5.41, 5.74) is 2.42. The molecular formula is C15H13NO3S. The summed E-state index contributed by atoms with van der Waals surface area (Å²) in [7, 11) is 1.92. The van der Waals surface area contributed by atoms with Crippen LogP contribution in [-0.2, 0) is 7.05 Å². The average Bonchev–Trinajstić information content (AvgIpc) is 2.87. The van der Waals surface area contributed by atoms with Gasteiger partial charge < -0.3 is 9.67 Å². The second-order valence-electron chi connectivity index (χ2n) is 4.89. The quantitative estimate of drug-likeness (QED) is 0.733. The van der Waals surface area contributed by atoms with Crippen LogP contribution in [0.3, 0.4) is 0 Å². The Morgan fingerprint density at radius 1 is 1.30 bits per heavy atom. The van der Waals surface area contributed by atoms with Gasteiger partial charge in [-0.1, -0.05) is 0 Å². The van der Waals surface area contributed by atoms with Crippen LogP contribution in [0.5, 0.6) is 0 Å². The number of benzene rings is 1. The predicted octanol–water partition coefficient (Wildman–Crippen LogP) is 3.60. The topological polar surface area (TPSA) is 59.3 Å². The number of ketones is 1. The van der Waals surface area contributed by atoms with Crippen molar-refractivity contribution in [1.29, 1.82) is 0 Å². The molecule has 20 heavy (non-hydrogen) atoms. The molecule has 0 saturated carbocycles.